The van der Waals surface area contributed by atoms with Crippen LogP contribution in [0.5, 0.6) is 0 Å². The molecule has 0 aromatic carbocycles. The minimum Gasteiger partial charge on any atom is -0.481 e. The first kappa shape index (κ1) is 15.3. The van der Waals surface area contributed by atoms with Gasteiger partial charge in [0.2, 0.25) is 5.91 Å². The predicted octanol–water partition coefficient (Wildman–Crippen LogP) is 0.568. The van der Waals surface area contributed by atoms with Crippen molar-refractivity contribution in [2.75, 3.05) is 0 Å². The van der Waals surface area contributed by atoms with Crippen molar-refractivity contribution in [3.8, 4) is 0 Å². The molecule has 2 saturated heterocycles. The van der Waals surface area contributed by atoms with Gasteiger partial charge in [-0.2, -0.15) is 0 Å². The van der Waals surface area contributed by atoms with Crippen LogP contribution in [0.15, 0.2) is 0 Å². The Kier molecular flexibility index (Phi) is 4.09. The number of sulfone groups is 1. The molecule has 2 aliphatic rings. The van der Waals surface area contributed by atoms with Crippen LogP contribution >= 0.6 is 0 Å². The van der Waals surface area contributed by atoms with Gasteiger partial charge in [0.15, 0.2) is 9.84 Å². The van der Waals surface area contributed by atoms with E-state index >= 15 is 0 Å². The Morgan fingerprint density at radius 2 is 1.60 bits per heavy atom. The van der Waals surface area contributed by atoms with Gasteiger partial charge in [-0.15, -0.1) is 0 Å². The van der Waals surface area contributed by atoms with Crippen LogP contribution in [0.1, 0.15) is 39.5 Å². The van der Waals surface area contributed by atoms with Crippen LogP contribution in [-0.4, -0.2) is 41.9 Å². The first-order chi connectivity index (χ1) is 9.23. The van der Waals surface area contributed by atoms with Gasteiger partial charge < -0.3 is 10.4 Å². The fourth-order valence-corrected chi connectivity index (χ4v) is 5.57. The molecule has 2 bridgehead atoms. The van der Waals surface area contributed by atoms with Gasteiger partial charge in [0, 0.05) is 12.0 Å². The van der Waals surface area contributed by atoms with E-state index in [2.05, 4.69) is 5.32 Å². The third kappa shape index (κ3) is 2.68. The largest absolute Gasteiger partial charge is 0.481 e. The second-order valence-corrected chi connectivity index (χ2v) is 8.51. The van der Waals surface area contributed by atoms with E-state index in [1.165, 1.54) is 6.92 Å². The molecule has 0 saturated carbocycles. The van der Waals surface area contributed by atoms with Crippen LogP contribution in [0.3, 0.4) is 0 Å². The van der Waals surface area contributed by atoms with E-state index in [0.29, 0.717) is 25.7 Å². The molecule has 2 heterocycles. The molecule has 1 amide bonds. The monoisotopic (exact) mass is 303 g/mol. The Hall–Kier alpha value is -1.11. The van der Waals surface area contributed by atoms with Crippen molar-refractivity contribution >= 4 is 21.7 Å². The van der Waals surface area contributed by atoms with Gasteiger partial charge in [-0.05, 0) is 25.7 Å². The summed E-state index contributed by atoms with van der Waals surface area (Å²) in [6.07, 6.45) is 2.28. The summed E-state index contributed by atoms with van der Waals surface area (Å²) in [5, 5.41) is 11.1. The average molecular weight is 303 g/mol. The van der Waals surface area contributed by atoms with Gasteiger partial charge in [0.1, 0.15) is 0 Å². The van der Waals surface area contributed by atoms with E-state index < -0.39 is 27.6 Å². The van der Waals surface area contributed by atoms with Crippen molar-refractivity contribution < 1.29 is 23.1 Å². The van der Waals surface area contributed by atoms with Gasteiger partial charge >= 0.3 is 5.97 Å². The first-order valence-corrected chi connectivity index (χ1v) is 8.60. The molecule has 2 rings (SSSR count). The van der Waals surface area contributed by atoms with Crippen molar-refractivity contribution in [1.82, 2.24) is 5.32 Å². The van der Waals surface area contributed by atoms with Crippen LogP contribution < -0.4 is 5.32 Å². The number of aliphatic carboxylic acids is 1. The predicted molar refractivity (Wildman–Crippen MR) is 72.9 cm³/mol. The van der Waals surface area contributed by atoms with E-state index in [1.54, 1.807) is 6.92 Å². The molecule has 0 aromatic rings. The van der Waals surface area contributed by atoms with Crippen LogP contribution in [0, 0.1) is 11.8 Å². The zero-order chi connectivity index (χ0) is 15.1. The highest BCUT2D eigenvalue weighted by atomic mass is 32.2. The number of carboxylic acid groups (broad SMARTS) is 1. The van der Waals surface area contributed by atoms with Crippen LogP contribution in [0.25, 0.3) is 0 Å². The third-order valence-electron chi connectivity index (χ3n) is 4.73. The molecular weight excluding hydrogens is 282 g/mol. The fourth-order valence-electron chi connectivity index (χ4n) is 3.10. The van der Waals surface area contributed by atoms with E-state index in [0.717, 1.165) is 0 Å². The number of hydrogen-bond donors (Lipinski definition) is 2. The molecule has 4 atom stereocenters. The first-order valence-electron chi connectivity index (χ1n) is 6.99. The fraction of sp³-hybridized carbons (Fsp3) is 0.846. The number of carbonyl (C=O) groups is 2. The van der Waals surface area contributed by atoms with Crippen LogP contribution in [0.4, 0.5) is 0 Å². The summed E-state index contributed by atoms with van der Waals surface area (Å²) >= 11 is 0. The lowest BCUT2D eigenvalue weighted by Gasteiger charge is -2.30. The molecule has 20 heavy (non-hydrogen) atoms. The van der Waals surface area contributed by atoms with Crippen molar-refractivity contribution in [1.29, 1.82) is 0 Å². The van der Waals surface area contributed by atoms with E-state index in [-0.39, 0.29) is 22.4 Å². The van der Waals surface area contributed by atoms with Gasteiger partial charge in [0.25, 0.3) is 0 Å². The minimum absolute atomic E-state index is 0.146. The molecule has 4 unspecified atom stereocenters. The van der Waals surface area contributed by atoms with E-state index in [4.69, 9.17) is 5.11 Å². The molecule has 6 nitrogen and oxygen atoms in total. The molecule has 114 valence electrons. The molecule has 0 radical (unpaired) electrons. The second kappa shape index (κ2) is 5.35. The van der Waals surface area contributed by atoms with Gasteiger partial charge in [0.05, 0.1) is 16.4 Å². The highest BCUT2D eigenvalue weighted by molar-refractivity contribution is 7.93. The SMILES string of the molecule is CC(C(=O)O)C(C)C(=O)NC1CC2CCC(C1)S2(=O)=O. The number of nitrogens with one attached hydrogen (secondary N) is 1. The molecule has 0 aromatic heterocycles. The number of amides is 1. The summed E-state index contributed by atoms with van der Waals surface area (Å²) in [5.41, 5.74) is 0. The Balaban J connectivity index is 1.96. The standard InChI is InChI=1S/C13H21NO5S/c1-7(8(2)13(16)17)12(15)14-9-5-10-3-4-11(6-9)20(10,18)19/h7-11H,3-6H2,1-2H3,(H,14,15)(H,16,17). The van der Waals surface area contributed by atoms with E-state index in [1.807, 2.05) is 0 Å². The smallest absolute Gasteiger partial charge is 0.307 e. The maximum Gasteiger partial charge on any atom is 0.307 e. The quantitative estimate of drug-likeness (QED) is 0.790. The van der Waals surface area contributed by atoms with Crippen molar-refractivity contribution in [3.63, 3.8) is 0 Å². The highest BCUT2D eigenvalue weighted by Crippen LogP contribution is 2.38. The Labute approximate surface area is 118 Å². The normalized spacial score (nSPS) is 34.2. The lowest BCUT2D eigenvalue weighted by Crippen LogP contribution is -2.47. The molecular formula is C13H21NO5S. The van der Waals surface area contributed by atoms with Gasteiger partial charge in [-0.1, -0.05) is 13.8 Å². The Bertz CT molecular complexity index is 495. The average Bonchev–Trinajstić information content (AvgIpc) is 2.57. The van der Waals surface area contributed by atoms with E-state index in [9.17, 15) is 18.0 Å². The highest BCUT2D eigenvalue weighted by Gasteiger charge is 2.47. The second-order valence-electron chi connectivity index (χ2n) is 6.00. The van der Waals surface area contributed by atoms with Gasteiger partial charge in [-0.25, -0.2) is 8.42 Å². The molecule has 0 aliphatic carbocycles. The van der Waals surface area contributed by atoms with Crippen LogP contribution in [-0.2, 0) is 19.4 Å². The van der Waals surface area contributed by atoms with Crippen molar-refractivity contribution in [2.24, 2.45) is 11.8 Å². The number of carbonyl (C=O) groups excluding carboxylic acids is 1. The van der Waals surface area contributed by atoms with Crippen LogP contribution in [0.2, 0.25) is 0 Å². The minimum atomic E-state index is -2.99. The number of rotatable bonds is 4. The van der Waals surface area contributed by atoms with Crippen molar-refractivity contribution in [3.05, 3.63) is 0 Å². The lowest BCUT2D eigenvalue weighted by molar-refractivity contribution is -0.146. The van der Waals surface area contributed by atoms with Gasteiger partial charge in [-0.3, -0.25) is 9.59 Å². The summed E-state index contributed by atoms with van der Waals surface area (Å²) in [5.74, 6) is -2.68. The Morgan fingerprint density at radius 1 is 1.10 bits per heavy atom. The summed E-state index contributed by atoms with van der Waals surface area (Å²) in [6.45, 7) is 3.09. The Morgan fingerprint density at radius 3 is 2.05 bits per heavy atom. The summed E-state index contributed by atoms with van der Waals surface area (Å²) in [7, 11) is -2.99. The lowest BCUT2D eigenvalue weighted by atomic mass is 9.94. The number of hydrogen-bond acceptors (Lipinski definition) is 4. The molecule has 2 N–H and O–H groups in total. The third-order valence-corrected chi connectivity index (χ3v) is 7.45. The maximum atomic E-state index is 12.0. The summed E-state index contributed by atoms with van der Waals surface area (Å²) < 4.78 is 23.9. The zero-order valence-electron chi connectivity index (χ0n) is 11.7. The van der Waals surface area contributed by atoms with Crippen molar-refractivity contribution in [2.45, 2.75) is 56.1 Å². The summed E-state index contributed by atoms with van der Waals surface area (Å²) in [4.78, 5) is 22.9. The number of fused-ring (bicyclic) bond motifs is 2. The zero-order valence-corrected chi connectivity index (χ0v) is 12.5. The summed E-state index contributed by atoms with van der Waals surface area (Å²) in [6, 6.07) is -0.146. The molecule has 7 heteroatoms. The number of carboxylic acids is 1. The molecule has 0 spiro atoms. The topological polar surface area (TPSA) is 101 Å². The molecule has 2 aliphatic heterocycles. The molecule has 2 fully saturated rings. The maximum absolute atomic E-state index is 12.0.